The molecule has 0 atom stereocenters. The van der Waals surface area contributed by atoms with Gasteiger partial charge < -0.3 is 0 Å². The highest BCUT2D eigenvalue weighted by atomic mass is 35.5. The van der Waals surface area contributed by atoms with Crippen molar-refractivity contribution >= 4 is 28.8 Å². The van der Waals surface area contributed by atoms with Crippen LogP contribution in [-0.4, -0.2) is 46.1 Å². The number of halogens is 1. The summed E-state index contributed by atoms with van der Waals surface area (Å²) in [7, 11) is -0.370. The van der Waals surface area contributed by atoms with Gasteiger partial charge in [0.1, 0.15) is 0 Å². The van der Waals surface area contributed by atoms with Crippen LogP contribution in [-0.2, 0) is 10.2 Å². The molecule has 0 saturated heterocycles. The number of benzene rings is 1. The Morgan fingerprint density at radius 1 is 1.28 bits per heavy atom. The molecule has 0 spiro atoms. The molecule has 0 unspecified atom stereocenters. The van der Waals surface area contributed by atoms with Crippen LogP contribution >= 0.6 is 12.4 Å². The zero-order chi connectivity index (χ0) is 12.7. The van der Waals surface area contributed by atoms with Gasteiger partial charge in [0.25, 0.3) is 10.2 Å². The summed E-state index contributed by atoms with van der Waals surface area (Å²) in [5.41, 5.74) is 1.00. The predicted octanol–water partition coefficient (Wildman–Crippen LogP) is 0.923. The van der Waals surface area contributed by atoms with Gasteiger partial charge in [0.05, 0.1) is 6.54 Å². The Labute approximate surface area is 115 Å². The molecule has 1 N–H and O–H groups in total. The van der Waals surface area contributed by atoms with Crippen molar-refractivity contribution in [1.82, 2.24) is 9.03 Å². The maximum Gasteiger partial charge on any atom is 0.278 e. The van der Waals surface area contributed by atoms with Crippen LogP contribution < -0.4 is 4.72 Å². The minimum Gasteiger partial charge on any atom is -0.291 e. The maximum absolute atomic E-state index is 11.3. The summed E-state index contributed by atoms with van der Waals surface area (Å²) in [6.07, 6.45) is 1.73. The lowest BCUT2D eigenvalue weighted by Gasteiger charge is -2.10. The third kappa shape index (κ3) is 6.11. The number of nitrogens with one attached hydrogen (secondary N) is 1. The maximum atomic E-state index is 11.3. The van der Waals surface area contributed by atoms with Crippen LogP contribution in [0.3, 0.4) is 0 Å². The van der Waals surface area contributed by atoms with Crippen molar-refractivity contribution in [3.63, 3.8) is 0 Å². The largest absolute Gasteiger partial charge is 0.291 e. The average molecular weight is 292 g/mol. The Morgan fingerprint density at radius 2 is 1.89 bits per heavy atom. The molecule has 0 amide bonds. The van der Waals surface area contributed by atoms with Gasteiger partial charge in [0, 0.05) is 26.9 Å². The van der Waals surface area contributed by atoms with Gasteiger partial charge in [-0.05, 0) is 5.56 Å². The van der Waals surface area contributed by atoms with E-state index in [-0.39, 0.29) is 12.4 Å². The number of aliphatic imine (C=N–C) groups is 1. The number of nitrogens with zero attached hydrogens (tertiary/aromatic N) is 2. The molecule has 0 saturated carbocycles. The molecule has 5 nitrogen and oxygen atoms in total. The lowest BCUT2D eigenvalue weighted by molar-refractivity contribution is 0.506. The zero-order valence-electron chi connectivity index (χ0n) is 10.4. The number of hydrogen-bond acceptors (Lipinski definition) is 3. The summed E-state index contributed by atoms with van der Waals surface area (Å²) in [6, 6.07) is 9.66. The molecule has 1 rings (SSSR count). The summed E-state index contributed by atoms with van der Waals surface area (Å²) in [5.74, 6) is 0. The van der Waals surface area contributed by atoms with E-state index in [1.54, 1.807) is 6.21 Å². The quantitative estimate of drug-likeness (QED) is 0.626. The normalized spacial score (nSPS) is 11.7. The van der Waals surface area contributed by atoms with E-state index in [4.69, 9.17) is 0 Å². The van der Waals surface area contributed by atoms with E-state index in [1.807, 2.05) is 30.3 Å². The Kier molecular flexibility index (Phi) is 7.77. The van der Waals surface area contributed by atoms with E-state index >= 15 is 0 Å². The van der Waals surface area contributed by atoms with Crippen molar-refractivity contribution in [2.45, 2.75) is 0 Å². The van der Waals surface area contributed by atoms with Crippen molar-refractivity contribution in [3.8, 4) is 0 Å². The van der Waals surface area contributed by atoms with Gasteiger partial charge in [-0.2, -0.15) is 12.7 Å². The van der Waals surface area contributed by atoms with Crippen LogP contribution in [0.15, 0.2) is 35.3 Å². The van der Waals surface area contributed by atoms with E-state index in [0.717, 1.165) is 9.87 Å². The molecule has 1 aromatic rings. The van der Waals surface area contributed by atoms with Crippen LogP contribution in [0, 0.1) is 0 Å². The summed E-state index contributed by atoms with van der Waals surface area (Å²) in [6.45, 7) is 0.714. The molecule has 102 valence electrons. The van der Waals surface area contributed by atoms with Gasteiger partial charge in [-0.3, -0.25) is 4.99 Å². The molecular weight excluding hydrogens is 274 g/mol. The Balaban J connectivity index is 0.00000289. The van der Waals surface area contributed by atoms with E-state index < -0.39 is 10.2 Å². The number of rotatable bonds is 6. The van der Waals surface area contributed by atoms with Crippen molar-refractivity contribution in [2.24, 2.45) is 4.99 Å². The predicted molar refractivity (Wildman–Crippen MR) is 76.8 cm³/mol. The van der Waals surface area contributed by atoms with Crippen LogP contribution in [0.5, 0.6) is 0 Å². The van der Waals surface area contributed by atoms with Gasteiger partial charge in [-0.25, -0.2) is 4.72 Å². The van der Waals surface area contributed by atoms with E-state index in [9.17, 15) is 8.42 Å². The summed E-state index contributed by atoms with van der Waals surface area (Å²) >= 11 is 0. The molecule has 0 radical (unpaired) electrons. The first-order valence-electron chi connectivity index (χ1n) is 5.24. The minimum absolute atomic E-state index is 0. The zero-order valence-corrected chi connectivity index (χ0v) is 12.0. The summed E-state index contributed by atoms with van der Waals surface area (Å²) < 4.78 is 26.2. The van der Waals surface area contributed by atoms with Gasteiger partial charge in [-0.15, -0.1) is 12.4 Å². The fraction of sp³-hybridized carbons (Fsp3) is 0.364. The van der Waals surface area contributed by atoms with Gasteiger partial charge in [0.15, 0.2) is 0 Å². The van der Waals surface area contributed by atoms with Gasteiger partial charge >= 0.3 is 0 Å². The topological polar surface area (TPSA) is 61.8 Å². The Bertz CT molecular complexity index is 460. The second kappa shape index (κ2) is 8.20. The fourth-order valence-corrected chi connectivity index (χ4v) is 1.68. The van der Waals surface area contributed by atoms with E-state index in [2.05, 4.69) is 9.71 Å². The van der Waals surface area contributed by atoms with Crippen LogP contribution in [0.4, 0.5) is 0 Å². The molecule has 18 heavy (non-hydrogen) atoms. The molecular formula is C11H18ClN3O2S. The lowest BCUT2D eigenvalue weighted by Crippen LogP contribution is -2.36. The fourth-order valence-electron chi connectivity index (χ4n) is 1.08. The second-order valence-corrected chi connectivity index (χ2v) is 5.60. The Hall–Kier alpha value is -0.950. The summed E-state index contributed by atoms with van der Waals surface area (Å²) in [5, 5.41) is 0. The molecule has 7 heteroatoms. The monoisotopic (exact) mass is 291 g/mol. The SMILES string of the molecule is CN(C)S(=O)(=O)NCCN=Cc1ccccc1.Cl. The van der Waals surface area contributed by atoms with Crippen molar-refractivity contribution in [1.29, 1.82) is 0 Å². The molecule has 0 aliphatic carbocycles. The second-order valence-electron chi connectivity index (χ2n) is 3.63. The lowest BCUT2D eigenvalue weighted by atomic mass is 10.2. The minimum atomic E-state index is -3.33. The smallest absolute Gasteiger partial charge is 0.278 e. The highest BCUT2D eigenvalue weighted by Gasteiger charge is 2.10. The van der Waals surface area contributed by atoms with Gasteiger partial charge in [0.2, 0.25) is 0 Å². The number of hydrogen-bond donors (Lipinski definition) is 1. The van der Waals surface area contributed by atoms with Crippen molar-refractivity contribution in [2.75, 3.05) is 27.2 Å². The highest BCUT2D eigenvalue weighted by molar-refractivity contribution is 7.87. The van der Waals surface area contributed by atoms with Crippen molar-refractivity contribution < 1.29 is 8.42 Å². The molecule has 0 heterocycles. The molecule has 0 bridgehead atoms. The average Bonchev–Trinajstić information content (AvgIpc) is 2.29. The van der Waals surface area contributed by atoms with E-state index in [0.29, 0.717) is 13.1 Å². The highest BCUT2D eigenvalue weighted by Crippen LogP contribution is 1.93. The van der Waals surface area contributed by atoms with Crippen LogP contribution in [0.1, 0.15) is 5.56 Å². The van der Waals surface area contributed by atoms with Crippen LogP contribution in [0.25, 0.3) is 0 Å². The van der Waals surface area contributed by atoms with E-state index in [1.165, 1.54) is 14.1 Å². The van der Waals surface area contributed by atoms with Crippen molar-refractivity contribution in [3.05, 3.63) is 35.9 Å². The standard InChI is InChI=1S/C11H17N3O2S.ClH/c1-14(2)17(15,16)13-9-8-12-10-11-6-4-3-5-7-11;/h3-7,10,13H,8-9H2,1-2H3;1H. The third-order valence-electron chi connectivity index (χ3n) is 2.05. The molecule has 0 aliphatic rings. The summed E-state index contributed by atoms with van der Waals surface area (Å²) in [4.78, 5) is 4.13. The molecule has 1 aromatic carbocycles. The molecule has 0 aliphatic heterocycles. The first-order chi connectivity index (χ1) is 8.02. The molecule has 0 aromatic heterocycles. The molecule has 0 fully saturated rings. The first-order valence-corrected chi connectivity index (χ1v) is 6.68. The Morgan fingerprint density at radius 3 is 2.44 bits per heavy atom. The van der Waals surface area contributed by atoms with Crippen LogP contribution in [0.2, 0.25) is 0 Å². The third-order valence-corrected chi connectivity index (χ3v) is 3.58. The van der Waals surface area contributed by atoms with Gasteiger partial charge in [-0.1, -0.05) is 30.3 Å². The first kappa shape index (κ1) is 17.1.